The fourth-order valence-corrected chi connectivity index (χ4v) is 2.95. The quantitative estimate of drug-likeness (QED) is 0.793. The molecule has 0 spiro atoms. The van der Waals surface area contributed by atoms with Crippen LogP contribution >= 0.6 is 0 Å². The van der Waals surface area contributed by atoms with E-state index in [0.717, 1.165) is 12.0 Å². The maximum absolute atomic E-state index is 6.36. The summed E-state index contributed by atoms with van der Waals surface area (Å²) in [4.78, 5) is 4.19. The summed E-state index contributed by atoms with van der Waals surface area (Å²) < 4.78 is 6.36. The number of anilines is 2. The summed E-state index contributed by atoms with van der Waals surface area (Å²) >= 11 is 0. The van der Waals surface area contributed by atoms with Crippen LogP contribution < -0.4 is 15.3 Å². The monoisotopic (exact) mass is 300 g/mol. The van der Waals surface area contributed by atoms with Crippen molar-refractivity contribution in [2.24, 2.45) is 5.41 Å². The van der Waals surface area contributed by atoms with Crippen LogP contribution in [0.4, 0.5) is 11.4 Å². The molecular weight excluding hydrogens is 271 g/mol. The van der Waals surface area contributed by atoms with Gasteiger partial charge in [0.2, 0.25) is 0 Å². The summed E-state index contributed by atoms with van der Waals surface area (Å²) in [5.74, 6) is 0. The molecule has 4 heteroatoms. The third-order valence-electron chi connectivity index (χ3n) is 5.27. The van der Waals surface area contributed by atoms with Gasteiger partial charge in [-0.2, -0.15) is 0 Å². The number of benzene rings is 1. The standard InChI is InChI=1S/C18H29BN2O/c1-9-21(8)16-12-14(10-11-15(16)20(6)7)19-13-17(2,3)18(4,5)22-19/h9-12H,1,13H2,2-8H3. The Morgan fingerprint density at radius 2 is 1.77 bits per heavy atom. The van der Waals surface area contributed by atoms with Crippen molar-refractivity contribution in [3.8, 4) is 0 Å². The molecule has 22 heavy (non-hydrogen) atoms. The molecule has 0 bridgehead atoms. The minimum atomic E-state index is -0.109. The fourth-order valence-electron chi connectivity index (χ4n) is 2.95. The summed E-state index contributed by atoms with van der Waals surface area (Å²) in [6.07, 6.45) is 2.88. The van der Waals surface area contributed by atoms with Gasteiger partial charge < -0.3 is 14.5 Å². The van der Waals surface area contributed by atoms with Crippen molar-refractivity contribution in [2.75, 3.05) is 30.9 Å². The predicted octanol–water partition coefficient (Wildman–Crippen LogP) is 3.37. The van der Waals surface area contributed by atoms with E-state index in [4.69, 9.17) is 4.65 Å². The van der Waals surface area contributed by atoms with E-state index in [9.17, 15) is 0 Å². The largest absolute Gasteiger partial charge is 0.426 e. The minimum Gasteiger partial charge on any atom is -0.426 e. The molecule has 0 unspecified atom stereocenters. The predicted molar refractivity (Wildman–Crippen MR) is 98.5 cm³/mol. The lowest BCUT2D eigenvalue weighted by atomic mass is 9.54. The van der Waals surface area contributed by atoms with E-state index < -0.39 is 0 Å². The summed E-state index contributed by atoms with van der Waals surface area (Å²) in [7, 11) is 6.16. The number of nitrogens with zero attached hydrogens (tertiary/aromatic N) is 2. The molecule has 3 nitrogen and oxygen atoms in total. The molecule has 0 aromatic heterocycles. The van der Waals surface area contributed by atoms with Gasteiger partial charge in [-0.05, 0) is 49.4 Å². The maximum atomic E-state index is 6.36. The van der Waals surface area contributed by atoms with Crippen LogP contribution in [-0.2, 0) is 4.65 Å². The van der Waals surface area contributed by atoms with Gasteiger partial charge >= 0.3 is 6.92 Å². The van der Waals surface area contributed by atoms with Crippen molar-refractivity contribution in [2.45, 2.75) is 39.6 Å². The first kappa shape index (κ1) is 16.9. The molecule has 1 aliphatic rings. The third-order valence-corrected chi connectivity index (χ3v) is 5.27. The van der Waals surface area contributed by atoms with Crippen molar-refractivity contribution in [1.82, 2.24) is 0 Å². The van der Waals surface area contributed by atoms with Gasteiger partial charge in [0.1, 0.15) is 0 Å². The van der Waals surface area contributed by atoms with Crippen LogP contribution in [-0.4, -0.2) is 33.7 Å². The molecule has 2 rings (SSSR count). The van der Waals surface area contributed by atoms with Crippen molar-refractivity contribution < 1.29 is 4.65 Å². The normalized spacial score (nSPS) is 19.1. The highest BCUT2D eigenvalue weighted by Crippen LogP contribution is 2.45. The van der Waals surface area contributed by atoms with Crippen molar-refractivity contribution in [3.05, 3.63) is 31.0 Å². The summed E-state index contributed by atoms with van der Waals surface area (Å²) in [5.41, 5.74) is 3.64. The van der Waals surface area contributed by atoms with Gasteiger partial charge in [-0.1, -0.05) is 26.5 Å². The number of rotatable bonds is 4. The van der Waals surface area contributed by atoms with Gasteiger partial charge in [0.15, 0.2) is 0 Å². The highest BCUT2D eigenvalue weighted by Gasteiger charge is 2.49. The molecular formula is C18H29BN2O. The topological polar surface area (TPSA) is 15.7 Å². The van der Waals surface area contributed by atoms with Gasteiger partial charge in [-0.25, -0.2) is 0 Å². The molecule has 0 radical (unpaired) electrons. The van der Waals surface area contributed by atoms with Gasteiger partial charge in [-0.3, -0.25) is 0 Å². The smallest absolute Gasteiger partial charge is 0.328 e. The lowest BCUT2D eigenvalue weighted by Gasteiger charge is -2.34. The summed E-state index contributed by atoms with van der Waals surface area (Å²) in [6, 6.07) is 6.60. The SMILES string of the molecule is C=CN(C)c1cc(B2CC(C)(C)C(C)(C)O2)ccc1N(C)C. The van der Waals surface area contributed by atoms with Gasteiger partial charge in [0.05, 0.1) is 17.0 Å². The first-order valence-electron chi connectivity index (χ1n) is 7.93. The average molecular weight is 300 g/mol. The lowest BCUT2D eigenvalue weighted by molar-refractivity contribution is 0.0375. The molecule has 1 aliphatic heterocycles. The van der Waals surface area contributed by atoms with Crippen molar-refractivity contribution >= 4 is 23.8 Å². The Hall–Kier alpha value is -1.42. The van der Waals surface area contributed by atoms with E-state index in [1.54, 1.807) is 0 Å². The average Bonchev–Trinajstić information content (AvgIpc) is 2.65. The molecule has 1 heterocycles. The molecule has 0 atom stereocenters. The highest BCUT2D eigenvalue weighted by atomic mass is 16.5. The zero-order valence-electron chi connectivity index (χ0n) is 15.1. The van der Waals surface area contributed by atoms with Crippen LogP contribution in [0.25, 0.3) is 0 Å². The van der Waals surface area contributed by atoms with Crippen molar-refractivity contribution in [1.29, 1.82) is 0 Å². The molecule has 0 N–H and O–H groups in total. The van der Waals surface area contributed by atoms with Gasteiger partial charge in [-0.15, -0.1) is 0 Å². The Morgan fingerprint density at radius 1 is 1.14 bits per heavy atom. The van der Waals surface area contributed by atoms with Crippen LogP contribution in [0.5, 0.6) is 0 Å². The van der Waals surface area contributed by atoms with Crippen LogP contribution in [0, 0.1) is 5.41 Å². The minimum absolute atomic E-state index is 0.109. The zero-order valence-corrected chi connectivity index (χ0v) is 15.1. The fraction of sp³-hybridized carbons (Fsp3) is 0.556. The third kappa shape index (κ3) is 2.89. The Kier molecular flexibility index (Phi) is 4.36. The molecule has 1 fully saturated rings. The van der Waals surface area contributed by atoms with Crippen LogP contribution in [0.3, 0.4) is 0 Å². The van der Waals surface area contributed by atoms with E-state index in [0.29, 0.717) is 0 Å². The Balaban J connectivity index is 2.40. The zero-order chi connectivity index (χ0) is 16.7. The van der Waals surface area contributed by atoms with Crippen molar-refractivity contribution in [3.63, 3.8) is 0 Å². The van der Waals surface area contributed by atoms with Crippen LogP contribution in [0.15, 0.2) is 31.0 Å². The molecule has 0 saturated carbocycles. The number of hydrogen-bond donors (Lipinski definition) is 0. The van der Waals surface area contributed by atoms with E-state index in [-0.39, 0.29) is 17.9 Å². The van der Waals surface area contributed by atoms with Crippen LogP contribution in [0.2, 0.25) is 6.32 Å². The second-order valence-electron chi connectivity index (χ2n) is 7.64. The van der Waals surface area contributed by atoms with E-state index in [2.05, 4.69) is 76.4 Å². The van der Waals surface area contributed by atoms with E-state index >= 15 is 0 Å². The highest BCUT2D eigenvalue weighted by molar-refractivity contribution is 6.68. The second-order valence-corrected chi connectivity index (χ2v) is 7.64. The van der Waals surface area contributed by atoms with Gasteiger partial charge in [0.25, 0.3) is 0 Å². The maximum Gasteiger partial charge on any atom is 0.328 e. The molecule has 120 valence electrons. The second kappa shape index (κ2) is 5.66. The van der Waals surface area contributed by atoms with E-state index in [1.165, 1.54) is 11.2 Å². The Bertz CT molecular complexity index is 550. The Labute approximate surface area is 136 Å². The molecule has 1 aromatic carbocycles. The van der Waals surface area contributed by atoms with Gasteiger partial charge in [0, 0.05) is 21.1 Å². The molecule has 0 aliphatic carbocycles. The first-order valence-corrected chi connectivity index (χ1v) is 7.93. The lowest BCUT2D eigenvalue weighted by Crippen LogP contribution is -2.36. The Morgan fingerprint density at radius 3 is 2.23 bits per heavy atom. The van der Waals surface area contributed by atoms with Crippen LogP contribution in [0.1, 0.15) is 27.7 Å². The molecule has 0 amide bonds. The molecule has 1 aromatic rings. The number of hydrogen-bond acceptors (Lipinski definition) is 3. The molecule has 1 saturated heterocycles. The summed E-state index contributed by atoms with van der Waals surface area (Å²) in [6.45, 7) is 13.0. The van der Waals surface area contributed by atoms with E-state index in [1.807, 2.05) is 13.2 Å². The first-order chi connectivity index (χ1) is 10.1. The summed E-state index contributed by atoms with van der Waals surface area (Å²) in [5, 5.41) is 0.